The molecule has 0 spiro atoms. The minimum Gasteiger partial charge on any atom is -0.481 e. The third-order valence-electron chi connectivity index (χ3n) is 2.53. The van der Waals surface area contributed by atoms with Crippen LogP contribution >= 0.6 is 0 Å². The standard InChI is InChI=1S/C13H22O2/c1-3-5-6-7-8-9-10-11-12(4-2)13(14)15/h3-4,12H,1-2,5-11H2,(H,14,15). The lowest BCUT2D eigenvalue weighted by molar-refractivity contribution is -0.140. The third kappa shape index (κ3) is 7.98. The van der Waals surface area contributed by atoms with E-state index in [1.807, 2.05) is 6.08 Å². The molecule has 0 aromatic rings. The Morgan fingerprint density at radius 3 is 2.27 bits per heavy atom. The second-order valence-corrected chi connectivity index (χ2v) is 3.81. The van der Waals surface area contributed by atoms with Crippen molar-refractivity contribution in [1.82, 2.24) is 0 Å². The number of carbonyl (C=O) groups is 1. The maximum absolute atomic E-state index is 10.7. The van der Waals surface area contributed by atoms with Crippen LogP contribution in [0.5, 0.6) is 0 Å². The monoisotopic (exact) mass is 210 g/mol. The molecule has 1 N–H and O–H groups in total. The molecule has 0 heterocycles. The summed E-state index contributed by atoms with van der Waals surface area (Å²) in [6, 6.07) is 0. The van der Waals surface area contributed by atoms with E-state index in [4.69, 9.17) is 5.11 Å². The van der Waals surface area contributed by atoms with Gasteiger partial charge in [-0.2, -0.15) is 0 Å². The molecule has 1 unspecified atom stereocenters. The summed E-state index contributed by atoms with van der Waals surface area (Å²) in [5, 5.41) is 8.76. The second-order valence-electron chi connectivity index (χ2n) is 3.81. The van der Waals surface area contributed by atoms with E-state index in [-0.39, 0.29) is 5.92 Å². The zero-order chi connectivity index (χ0) is 11.5. The molecule has 0 aliphatic rings. The summed E-state index contributed by atoms with van der Waals surface area (Å²) < 4.78 is 0. The predicted molar refractivity (Wildman–Crippen MR) is 63.8 cm³/mol. The lowest BCUT2D eigenvalue weighted by Crippen LogP contribution is -2.10. The van der Waals surface area contributed by atoms with E-state index < -0.39 is 5.97 Å². The van der Waals surface area contributed by atoms with Gasteiger partial charge in [-0.05, 0) is 19.3 Å². The van der Waals surface area contributed by atoms with Crippen LogP contribution in [0.25, 0.3) is 0 Å². The first-order valence-electron chi connectivity index (χ1n) is 5.68. The Labute approximate surface area is 92.7 Å². The third-order valence-corrected chi connectivity index (χ3v) is 2.53. The van der Waals surface area contributed by atoms with Gasteiger partial charge in [0, 0.05) is 0 Å². The highest BCUT2D eigenvalue weighted by Gasteiger charge is 2.11. The number of carboxylic acids is 1. The Balaban J connectivity index is 3.33. The normalized spacial score (nSPS) is 12.0. The van der Waals surface area contributed by atoms with Crippen LogP contribution in [0.2, 0.25) is 0 Å². The Kier molecular flexibility index (Phi) is 8.84. The SMILES string of the molecule is C=CCCCCCCCC(C=C)C(=O)O. The fraction of sp³-hybridized carbons (Fsp3) is 0.615. The van der Waals surface area contributed by atoms with Crippen LogP contribution in [0, 0.1) is 5.92 Å². The van der Waals surface area contributed by atoms with Crippen molar-refractivity contribution in [3.05, 3.63) is 25.3 Å². The van der Waals surface area contributed by atoms with Gasteiger partial charge in [-0.3, -0.25) is 4.79 Å². The Morgan fingerprint density at radius 2 is 1.73 bits per heavy atom. The maximum atomic E-state index is 10.7. The summed E-state index contributed by atoms with van der Waals surface area (Å²) in [5.74, 6) is -1.12. The van der Waals surface area contributed by atoms with Crippen molar-refractivity contribution in [3.8, 4) is 0 Å². The molecule has 15 heavy (non-hydrogen) atoms. The smallest absolute Gasteiger partial charge is 0.310 e. The van der Waals surface area contributed by atoms with E-state index in [1.54, 1.807) is 0 Å². The van der Waals surface area contributed by atoms with Crippen molar-refractivity contribution in [2.24, 2.45) is 5.92 Å². The van der Waals surface area contributed by atoms with Gasteiger partial charge in [0.2, 0.25) is 0 Å². The van der Waals surface area contributed by atoms with Crippen molar-refractivity contribution in [2.45, 2.75) is 44.9 Å². The molecule has 0 amide bonds. The van der Waals surface area contributed by atoms with Gasteiger partial charge in [0.1, 0.15) is 0 Å². The number of rotatable bonds is 10. The number of hydrogen-bond donors (Lipinski definition) is 1. The van der Waals surface area contributed by atoms with E-state index in [0.717, 1.165) is 25.7 Å². The average molecular weight is 210 g/mol. The summed E-state index contributed by atoms with van der Waals surface area (Å²) in [7, 11) is 0. The van der Waals surface area contributed by atoms with Crippen molar-refractivity contribution < 1.29 is 9.90 Å². The van der Waals surface area contributed by atoms with E-state index in [1.165, 1.54) is 25.3 Å². The van der Waals surface area contributed by atoms with E-state index >= 15 is 0 Å². The Morgan fingerprint density at radius 1 is 1.13 bits per heavy atom. The van der Waals surface area contributed by atoms with Crippen molar-refractivity contribution in [2.75, 3.05) is 0 Å². The van der Waals surface area contributed by atoms with E-state index in [2.05, 4.69) is 13.2 Å². The van der Waals surface area contributed by atoms with Crippen molar-refractivity contribution >= 4 is 5.97 Å². The topological polar surface area (TPSA) is 37.3 Å². The highest BCUT2D eigenvalue weighted by Crippen LogP contribution is 2.13. The van der Waals surface area contributed by atoms with Crippen LogP contribution in [-0.2, 0) is 4.79 Å². The summed E-state index contributed by atoms with van der Waals surface area (Å²) in [5.41, 5.74) is 0. The quantitative estimate of drug-likeness (QED) is 0.440. The number of allylic oxidation sites excluding steroid dienone is 1. The molecule has 0 fully saturated rings. The second kappa shape index (κ2) is 9.50. The van der Waals surface area contributed by atoms with Gasteiger partial charge in [-0.1, -0.05) is 37.8 Å². The molecule has 0 rings (SSSR count). The lowest BCUT2D eigenvalue weighted by atomic mass is 10.0. The van der Waals surface area contributed by atoms with Gasteiger partial charge < -0.3 is 5.11 Å². The molecule has 0 bridgehead atoms. The highest BCUT2D eigenvalue weighted by atomic mass is 16.4. The van der Waals surface area contributed by atoms with Crippen LogP contribution in [0.3, 0.4) is 0 Å². The summed E-state index contributed by atoms with van der Waals surface area (Å²) in [6.45, 7) is 7.20. The number of hydrogen-bond acceptors (Lipinski definition) is 1. The summed E-state index contributed by atoms with van der Waals surface area (Å²) in [4.78, 5) is 10.7. The molecule has 1 atom stereocenters. The first-order chi connectivity index (χ1) is 7.22. The van der Waals surface area contributed by atoms with Gasteiger partial charge in [-0.25, -0.2) is 0 Å². The first kappa shape index (κ1) is 13.9. The molecular weight excluding hydrogens is 188 g/mol. The molecule has 0 saturated carbocycles. The minimum absolute atomic E-state index is 0.363. The average Bonchev–Trinajstić information content (AvgIpc) is 2.21. The Bertz CT molecular complexity index is 197. The van der Waals surface area contributed by atoms with Gasteiger partial charge >= 0.3 is 5.97 Å². The largest absolute Gasteiger partial charge is 0.481 e. The molecule has 0 aliphatic heterocycles. The van der Waals surface area contributed by atoms with Crippen molar-refractivity contribution in [1.29, 1.82) is 0 Å². The molecule has 0 radical (unpaired) electrons. The molecule has 0 aromatic carbocycles. The summed E-state index contributed by atoms with van der Waals surface area (Å²) in [6.07, 6.45) is 11.0. The summed E-state index contributed by atoms with van der Waals surface area (Å²) >= 11 is 0. The molecule has 0 aromatic heterocycles. The molecule has 86 valence electrons. The van der Waals surface area contributed by atoms with E-state index in [9.17, 15) is 4.79 Å². The van der Waals surface area contributed by atoms with Gasteiger partial charge in [0.05, 0.1) is 5.92 Å². The first-order valence-corrected chi connectivity index (χ1v) is 5.68. The molecule has 0 aliphatic carbocycles. The maximum Gasteiger partial charge on any atom is 0.310 e. The fourth-order valence-electron chi connectivity index (χ4n) is 1.53. The van der Waals surface area contributed by atoms with Crippen LogP contribution in [0.15, 0.2) is 25.3 Å². The Hall–Kier alpha value is -1.05. The molecular formula is C13H22O2. The van der Waals surface area contributed by atoms with E-state index in [0.29, 0.717) is 0 Å². The molecule has 0 saturated heterocycles. The zero-order valence-corrected chi connectivity index (χ0v) is 9.45. The number of carboxylic acid groups (broad SMARTS) is 1. The zero-order valence-electron chi connectivity index (χ0n) is 9.45. The highest BCUT2D eigenvalue weighted by molar-refractivity contribution is 5.71. The van der Waals surface area contributed by atoms with Crippen LogP contribution in [-0.4, -0.2) is 11.1 Å². The van der Waals surface area contributed by atoms with Crippen LogP contribution in [0.1, 0.15) is 44.9 Å². The van der Waals surface area contributed by atoms with Crippen LogP contribution in [0.4, 0.5) is 0 Å². The van der Waals surface area contributed by atoms with Crippen molar-refractivity contribution in [3.63, 3.8) is 0 Å². The molecule has 2 nitrogen and oxygen atoms in total. The molecule has 2 heteroatoms. The predicted octanol–water partition coefficient (Wildman–Crippen LogP) is 3.79. The minimum atomic E-state index is -0.753. The number of aliphatic carboxylic acids is 1. The van der Waals surface area contributed by atoms with Crippen LogP contribution < -0.4 is 0 Å². The van der Waals surface area contributed by atoms with Gasteiger partial charge in [0.15, 0.2) is 0 Å². The number of unbranched alkanes of at least 4 members (excludes halogenated alkanes) is 5. The van der Waals surface area contributed by atoms with Gasteiger partial charge in [-0.15, -0.1) is 13.2 Å². The lowest BCUT2D eigenvalue weighted by Gasteiger charge is -2.06. The fourth-order valence-corrected chi connectivity index (χ4v) is 1.53. The van der Waals surface area contributed by atoms with Gasteiger partial charge in [0.25, 0.3) is 0 Å².